The minimum atomic E-state index is -0.849. The van der Waals surface area contributed by atoms with Crippen LogP contribution in [0.4, 0.5) is 0 Å². The molecule has 0 bridgehead atoms. The van der Waals surface area contributed by atoms with Gasteiger partial charge in [-0.3, -0.25) is 0 Å². The minimum Gasteiger partial charge on any atom is -0.105 e. The highest BCUT2D eigenvalue weighted by atomic mass is 35.5. The molecular formula is C18H21Cl2P. The minimum absolute atomic E-state index is 0.773. The molecule has 2 aromatic rings. The molecule has 0 N–H and O–H groups in total. The van der Waals surface area contributed by atoms with E-state index in [1.165, 1.54) is 0 Å². The Morgan fingerprint density at radius 3 is 2.33 bits per heavy atom. The molecule has 0 spiro atoms. The van der Waals surface area contributed by atoms with Crippen LogP contribution < -0.4 is 5.30 Å². The van der Waals surface area contributed by atoms with Crippen LogP contribution in [0.15, 0.2) is 48.5 Å². The molecule has 0 amide bonds. The van der Waals surface area contributed by atoms with Crippen LogP contribution >= 0.6 is 32.4 Å². The Kier molecular flexibility index (Phi) is 6.11. The molecule has 0 nitrogen and oxygen atoms in total. The van der Waals surface area contributed by atoms with Crippen molar-refractivity contribution in [3.63, 3.8) is 0 Å². The third kappa shape index (κ3) is 4.22. The zero-order valence-corrected chi connectivity index (χ0v) is 14.9. The molecule has 112 valence electrons. The molecule has 0 aliphatic rings. The molecule has 2 rings (SSSR count). The summed E-state index contributed by atoms with van der Waals surface area (Å²) in [7, 11) is 2.77. The number of halogens is 2. The smallest absolute Gasteiger partial charge is 0.105 e. The number of alkyl halides is 2. The van der Waals surface area contributed by atoms with Crippen LogP contribution in [0, 0.1) is 0 Å². The lowest BCUT2D eigenvalue weighted by Gasteiger charge is -2.25. The second-order valence-electron chi connectivity index (χ2n) is 5.30. The molecular weight excluding hydrogens is 318 g/mol. The van der Waals surface area contributed by atoms with Crippen molar-refractivity contribution in [1.82, 2.24) is 0 Å². The summed E-state index contributed by atoms with van der Waals surface area (Å²) in [5.74, 6) is 0. The maximum atomic E-state index is 6.71. The van der Waals surface area contributed by atoms with Gasteiger partial charge in [-0.05, 0) is 22.9 Å². The van der Waals surface area contributed by atoms with Crippen LogP contribution in [0.5, 0.6) is 0 Å². The highest BCUT2D eigenvalue weighted by molar-refractivity contribution is 7.27. The standard InChI is InChI=1S/C18H21Cl2P/c1-2-3-7-13-18(19,20)17-15(11-8-12-16(17)21)14-9-5-4-6-10-14/h4-6,8-12H,2-3,7,13,21H2,1H3. The lowest BCUT2D eigenvalue weighted by Crippen LogP contribution is -2.19. The molecule has 0 fully saturated rings. The zero-order chi connectivity index (χ0) is 15.3. The van der Waals surface area contributed by atoms with E-state index in [2.05, 4.69) is 34.4 Å². The predicted molar refractivity (Wildman–Crippen MR) is 98.7 cm³/mol. The first-order valence-corrected chi connectivity index (χ1v) is 8.72. The summed E-state index contributed by atoms with van der Waals surface area (Å²) >= 11 is 13.4. The van der Waals surface area contributed by atoms with Gasteiger partial charge in [0.1, 0.15) is 4.33 Å². The van der Waals surface area contributed by atoms with Gasteiger partial charge in [0.05, 0.1) is 0 Å². The van der Waals surface area contributed by atoms with Crippen molar-refractivity contribution in [3.05, 3.63) is 54.1 Å². The maximum absolute atomic E-state index is 6.71. The van der Waals surface area contributed by atoms with Crippen molar-refractivity contribution in [2.45, 2.75) is 36.9 Å². The number of hydrogen-bond acceptors (Lipinski definition) is 0. The molecule has 0 heterocycles. The van der Waals surface area contributed by atoms with Crippen LogP contribution in [-0.4, -0.2) is 0 Å². The van der Waals surface area contributed by atoms with E-state index in [-0.39, 0.29) is 0 Å². The summed E-state index contributed by atoms with van der Waals surface area (Å²) < 4.78 is -0.849. The van der Waals surface area contributed by atoms with E-state index in [1.807, 2.05) is 30.3 Å². The van der Waals surface area contributed by atoms with E-state index in [4.69, 9.17) is 23.2 Å². The molecule has 1 unspecified atom stereocenters. The topological polar surface area (TPSA) is 0 Å². The molecule has 0 aromatic heterocycles. The van der Waals surface area contributed by atoms with Crippen molar-refractivity contribution in [3.8, 4) is 11.1 Å². The number of hydrogen-bond donors (Lipinski definition) is 0. The first-order valence-electron chi connectivity index (χ1n) is 7.38. The molecule has 0 aliphatic carbocycles. The van der Waals surface area contributed by atoms with Crippen LogP contribution in [0.3, 0.4) is 0 Å². The Hall–Kier alpha value is -0.550. The molecule has 0 saturated carbocycles. The Balaban J connectivity index is 2.43. The fourth-order valence-electron chi connectivity index (χ4n) is 2.56. The van der Waals surface area contributed by atoms with Gasteiger partial charge in [-0.25, -0.2) is 0 Å². The number of rotatable bonds is 6. The summed E-state index contributed by atoms with van der Waals surface area (Å²) in [5.41, 5.74) is 3.28. The van der Waals surface area contributed by atoms with Crippen molar-refractivity contribution in [2.24, 2.45) is 0 Å². The molecule has 0 radical (unpaired) electrons. The molecule has 0 saturated heterocycles. The van der Waals surface area contributed by atoms with E-state index in [9.17, 15) is 0 Å². The van der Waals surface area contributed by atoms with Crippen molar-refractivity contribution in [2.75, 3.05) is 0 Å². The zero-order valence-electron chi connectivity index (χ0n) is 12.3. The highest BCUT2D eigenvalue weighted by Gasteiger charge is 2.30. The Labute approximate surface area is 140 Å². The van der Waals surface area contributed by atoms with Gasteiger partial charge in [-0.1, -0.05) is 97.9 Å². The third-order valence-electron chi connectivity index (χ3n) is 3.64. The monoisotopic (exact) mass is 338 g/mol. The van der Waals surface area contributed by atoms with Gasteiger partial charge in [-0.2, -0.15) is 0 Å². The van der Waals surface area contributed by atoms with E-state index in [1.54, 1.807) is 0 Å². The number of unbranched alkanes of at least 4 members (excludes halogenated alkanes) is 2. The largest absolute Gasteiger partial charge is 0.144 e. The number of benzene rings is 2. The molecule has 0 aliphatic heterocycles. The normalized spacial score (nSPS) is 11.6. The van der Waals surface area contributed by atoms with Gasteiger partial charge in [0.15, 0.2) is 0 Å². The van der Waals surface area contributed by atoms with E-state index >= 15 is 0 Å². The Bertz CT molecular complexity index is 579. The van der Waals surface area contributed by atoms with Crippen LogP contribution in [0.1, 0.15) is 38.2 Å². The van der Waals surface area contributed by atoms with Crippen molar-refractivity contribution < 1.29 is 0 Å². The average Bonchev–Trinajstić information content (AvgIpc) is 2.48. The molecule has 21 heavy (non-hydrogen) atoms. The second-order valence-corrected chi connectivity index (χ2v) is 7.40. The quantitative estimate of drug-likeness (QED) is 0.341. The fourth-order valence-corrected chi connectivity index (χ4v) is 3.94. The van der Waals surface area contributed by atoms with Gasteiger partial charge in [0.25, 0.3) is 0 Å². The Morgan fingerprint density at radius 2 is 1.67 bits per heavy atom. The SMILES string of the molecule is CCCCCC(Cl)(Cl)c1c(P)cccc1-c1ccccc1. The predicted octanol–water partition coefficient (Wildman–Crippen LogP) is 6.06. The Morgan fingerprint density at radius 1 is 0.952 bits per heavy atom. The van der Waals surface area contributed by atoms with E-state index in [0.29, 0.717) is 0 Å². The highest BCUT2D eigenvalue weighted by Crippen LogP contribution is 2.43. The maximum Gasteiger partial charge on any atom is 0.144 e. The molecule has 2 aromatic carbocycles. The van der Waals surface area contributed by atoms with Crippen LogP contribution in [0.2, 0.25) is 0 Å². The molecule has 3 heteroatoms. The van der Waals surface area contributed by atoms with Gasteiger partial charge in [0, 0.05) is 5.56 Å². The third-order valence-corrected chi connectivity index (χ3v) is 4.88. The van der Waals surface area contributed by atoms with E-state index in [0.717, 1.165) is 47.7 Å². The lowest BCUT2D eigenvalue weighted by molar-refractivity contribution is 0.628. The van der Waals surface area contributed by atoms with Crippen molar-refractivity contribution >= 4 is 37.7 Å². The lowest BCUT2D eigenvalue weighted by atomic mass is 9.95. The average molecular weight is 339 g/mol. The van der Waals surface area contributed by atoms with Gasteiger partial charge >= 0.3 is 0 Å². The summed E-state index contributed by atoms with van der Waals surface area (Å²) in [6.45, 7) is 2.18. The fraction of sp³-hybridized carbons (Fsp3) is 0.333. The van der Waals surface area contributed by atoms with Gasteiger partial charge < -0.3 is 0 Å². The summed E-state index contributed by atoms with van der Waals surface area (Å²) in [4.78, 5) is 0. The van der Waals surface area contributed by atoms with Crippen LogP contribution in [0.25, 0.3) is 11.1 Å². The summed E-state index contributed by atoms with van der Waals surface area (Å²) in [5, 5.41) is 1.07. The summed E-state index contributed by atoms with van der Waals surface area (Å²) in [6.07, 6.45) is 4.13. The second kappa shape index (κ2) is 7.63. The first kappa shape index (κ1) is 16.8. The van der Waals surface area contributed by atoms with E-state index < -0.39 is 4.33 Å². The summed E-state index contributed by atoms with van der Waals surface area (Å²) in [6, 6.07) is 16.5. The van der Waals surface area contributed by atoms with Gasteiger partial charge in [-0.15, -0.1) is 9.24 Å². The molecule has 1 atom stereocenters. The first-order chi connectivity index (χ1) is 10.1. The van der Waals surface area contributed by atoms with Crippen LogP contribution in [-0.2, 0) is 4.33 Å². The van der Waals surface area contributed by atoms with Gasteiger partial charge in [0.2, 0.25) is 0 Å². The van der Waals surface area contributed by atoms with Crippen molar-refractivity contribution in [1.29, 1.82) is 0 Å².